The van der Waals surface area contributed by atoms with Crippen LogP contribution in [0.1, 0.15) is 76.3 Å². The van der Waals surface area contributed by atoms with Gasteiger partial charge in [-0.05, 0) is 96.1 Å². The lowest BCUT2D eigenvalue weighted by molar-refractivity contribution is 0.171. The van der Waals surface area contributed by atoms with Gasteiger partial charge in [0.2, 0.25) is 0 Å². The van der Waals surface area contributed by atoms with Crippen LogP contribution in [0.25, 0.3) is 54.4 Å². The maximum absolute atomic E-state index is 6.05. The molecule has 0 fully saturated rings. The van der Waals surface area contributed by atoms with Gasteiger partial charge in [-0.2, -0.15) is 0 Å². The minimum atomic E-state index is 0.517. The molecule has 0 atom stereocenters. The van der Waals surface area contributed by atoms with Gasteiger partial charge in [0.25, 0.3) is 0 Å². The summed E-state index contributed by atoms with van der Waals surface area (Å²) in [4.78, 5) is 13.6. The third-order valence-electron chi connectivity index (χ3n) is 9.93. The average molecular weight is 731 g/mol. The van der Waals surface area contributed by atoms with Crippen molar-refractivity contribution in [3.05, 3.63) is 82.6 Å². The summed E-state index contributed by atoms with van der Waals surface area (Å²) in [6, 6.07) is 21.4. The molecule has 6 aromatic rings. The van der Waals surface area contributed by atoms with Crippen molar-refractivity contribution >= 4 is 33.7 Å². The molecule has 3 aromatic carbocycles. The average Bonchev–Trinajstić information content (AvgIpc) is 3.87. The van der Waals surface area contributed by atoms with Crippen molar-refractivity contribution in [2.45, 2.75) is 78.1 Å². The third kappa shape index (κ3) is 7.42. The summed E-state index contributed by atoms with van der Waals surface area (Å²) in [5.74, 6) is 2.95. The summed E-state index contributed by atoms with van der Waals surface area (Å²) >= 11 is 3.61. The van der Waals surface area contributed by atoms with E-state index in [0.717, 1.165) is 80.5 Å². The largest absolute Gasteiger partial charge is 0.486 e. The number of aryl methyl sites for hydroxylation is 2. The minimum absolute atomic E-state index is 0.517. The molecule has 0 aliphatic carbocycles. The van der Waals surface area contributed by atoms with E-state index in [4.69, 9.17) is 28.9 Å². The first-order valence-corrected chi connectivity index (χ1v) is 20.7. The number of rotatable bonds is 14. The fourth-order valence-corrected chi connectivity index (χ4v) is 9.08. The summed E-state index contributed by atoms with van der Waals surface area (Å²) in [5.41, 5.74) is 10.2. The van der Waals surface area contributed by atoms with Crippen LogP contribution in [0, 0.1) is 0 Å². The van der Waals surface area contributed by atoms with Crippen molar-refractivity contribution in [2.75, 3.05) is 26.4 Å². The van der Waals surface area contributed by atoms with E-state index in [1.165, 1.54) is 72.2 Å². The van der Waals surface area contributed by atoms with Crippen LogP contribution in [-0.4, -0.2) is 36.4 Å². The molecule has 5 heterocycles. The van der Waals surface area contributed by atoms with E-state index < -0.39 is 0 Å². The molecule has 52 heavy (non-hydrogen) atoms. The van der Waals surface area contributed by atoms with E-state index in [0.29, 0.717) is 26.4 Å². The summed E-state index contributed by atoms with van der Waals surface area (Å²) in [5, 5.41) is 4.65. The first-order valence-electron chi connectivity index (χ1n) is 19.0. The van der Waals surface area contributed by atoms with Crippen molar-refractivity contribution in [3.8, 4) is 66.4 Å². The van der Waals surface area contributed by atoms with Crippen LogP contribution in [0.5, 0.6) is 23.0 Å². The summed E-state index contributed by atoms with van der Waals surface area (Å²) in [6.45, 7) is 6.65. The number of benzene rings is 3. The first-order chi connectivity index (χ1) is 25.7. The number of hydrogen-bond donors (Lipinski definition) is 0. The number of ether oxygens (including phenoxy) is 4. The Morgan fingerprint density at radius 2 is 0.942 bits per heavy atom. The Hall–Kier alpha value is -4.40. The molecule has 0 saturated carbocycles. The van der Waals surface area contributed by atoms with Crippen molar-refractivity contribution < 1.29 is 18.9 Å². The molecule has 2 aliphatic rings. The fraction of sp³-hybridized carbons (Fsp3) is 0.364. The van der Waals surface area contributed by atoms with Gasteiger partial charge in [-0.1, -0.05) is 64.5 Å². The Morgan fingerprint density at radius 3 is 1.38 bits per heavy atom. The highest BCUT2D eigenvalue weighted by Crippen LogP contribution is 2.44. The van der Waals surface area contributed by atoms with Crippen LogP contribution < -0.4 is 18.9 Å². The van der Waals surface area contributed by atoms with Crippen molar-refractivity contribution in [2.24, 2.45) is 0 Å². The highest BCUT2D eigenvalue weighted by molar-refractivity contribution is 7.14. The molecule has 0 spiro atoms. The molecular formula is C44H46N2O4S2. The highest BCUT2D eigenvalue weighted by atomic mass is 32.1. The summed E-state index contributed by atoms with van der Waals surface area (Å²) < 4.78 is 23.9. The minimum Gasteiger partial charge on any atom is -0.486 e. The third-order valence-corrected chi connectivity index (χ3v) is 12.0. The molecule has 2 aliphatic heterocycles. The molecule has 8 rings (SSSR count). The second kappa shape index (κ2) is 16.1. The smallest absolute Gasteiger partial charge is 0.162 e. The van der Waals surface area contributed by atoms with Gasteiger partial charge < -0.3 is 18.9 Å². The molecule has 268 valence electrons. The Kier molecular flexibility index (Phi) is 10.7. The number of unbranched alkanes of at least 4 members (excludes halogenated alkanes) is 6. The molecule has 0 amide bonds. The lowest BCUT2D eigenvalue weighted by Crippen LogP contribution is -2.15. The molecule has 8 heteroatoms. The topological polar surface area (TPSA) is 62.7 Å². The Labute approximate surface area is 314 Å². The Balaban J connectivity index is 1.30. The summed E-state index contributed by atoms with van der Waals surface area (Å²) in [6.07, 6.45) is 12.3. The first kappa shape index (κ1) is 34.7. The SMILES string of the molecule is CCCCCCc1csc(-c2ccc(-c3cc(CCCCCC)cs3)c3nc(-c4ccc5c(c4)OCCO5)c(-c4ccc5c(c4)OCCO5)nc23)c1. The molecule has 3 aromatic heterocycles. The molecule has 0 N–H and O–H groups in total. The normalized spacial score (nSPS) is 13.5. The predicted octanol–water partition coefficient (Wildman–Crippen LogP) is 12.2. The Morgan fingerprint density at radius 1 is 0.500 bits per heavy atom. The number of aromatic nitrogens is 2. The number of thiophene rings is 2. The Bertz CT molecular complexity index is 2020. The zero-order valence-corrected chi connectivity index (χ0v) is 31.8. The van der Waals surface area contributed by atoms with Crippen molar-refractivity contribution in [3.63, 3.8) is 0 Å². The van der Waals surface area contributed by atoms with Gasteiger partial charge in [0.05, 0.1) is 22.4 Å². The number of fused-ring (bicyclic) bond motifs is 3. The fourth-order valence-electron chi connectivity index (χ4n) is 7.12. The van der Waals surface area contributed by atoms with Gasteiger partial charge in [-0.15, -0.1) is 22.7 Å². The highest BCUT2D eigenvalue weighted by Gasteiger charge is 2.23. The lowest BCUT2D eigenvalue weighted by atomic mass is 9.99. The maximum Gasteiger partial charge on any atom is 0.162 e. The van der Waals surface area contributed by atoms with E-state index >= 15 is 0 Å². The summed E-state index contributed by atoms with van der Waals surface area (Å²) in [7, 11) is 0. The van der Waals surface area contributed by atoms with Gasteiger partial charge in [-0.25, -0.2) is 9.97 Å². The predicted molar refractivity (Wildman–Crippen MR) is 215 cm³/mol. The van der Waals surface area contributed by atoms with E-state index in [1.807, 2.05) is 24.3 Å². The number of hydrogen-bond acceptors (Lipinski definition) is 8. The van der Waals surface area contributed by atoms with Gasteiger partial charge in [-0.3, -0.25) is 0 Å². The number of nitrogens with zero attached hydrogens (tertiary/aromatic N) is 2. The van der Waals surface area contributed by atoms with Crippen molar-refractivity contribution in [1.82, 2.24) is 9.97 Å². The van der Waals surface area contributed by atoms with Crippen LogP contribution in [0.4, 0.5) is 0 Å². The van der Waals surface area contributed by atoms with Crippen LogP contribution in [0.3, 0.4) is 0 Å². The van der Waals surface area contributed by atoms with Crippen LogP contribution >= 0.6 is 22.7 Å². The molecule has 0 saturated heterocycles. The lowest BCUT2D eigenvalue weighted by Gasteiger charge is -2.21. The van der Waals surface area contributed by atoms with Crippen LogP contribution in [0.15, 0.2) is 71.4 Å². The molecule has 6 nitrogen and oxygen atoms in total. The molecule has 0 unspecified atom stereocenters. The second-order valence-electron chi connectivity index (χ2n) is 13.8. The standard InChI is InChI=1S/C44H46N2O4S2/c1-3-5-7-9-11-29-23-39(51-27-29)33-15-16-34(40-24-30(28-52-40)12-10-8-6-4-2)44-43(33)45-41(31-13-17-35-37(25-31)49-21-19-47-35)42(46-44)32-14-18-36-38(26-32)50-22-20-48-36/h13-18,23-28H,3-12,19-22H2,1-2H3. The monoisotopic (exact) mass is 730 g/mol. The second-order valence-corrected chi connectivity index (χ2v) is 15.6. The molecule has 0 radical (unpaired) electrons. The zero-order valence-electron chi connectivity index (χ0n) is 30.2. The van der Waals surface area contributed by atoms with Crippen LogP contribution in [-0.2, 0) is 12.8 Å². The van der Waals surface area contributed by atoms with E-state index in [9.17, 15) is 0 Å². The van der Waals surface area contributed by atoms with Gasteiger partial charge >= 0.3 is 0 Å². The van der Waals surface area contributed by atoms with E-state index in [2.05, 4.69) is 61.0 Å². The molecular weight excluding hydrogens is 685 g/mol. The van der Waals surface area contributed by atoms with Gasteiger partial charge in [0, 0.05) is 32.0 Å². The van der Waals surface area contributed by atoms with Crippen molar-refractivity contribution in [1.29, 1.82) is 0 Å². The van der Waals surface area contributed by atoms with Gasteiger partial charge in [0.1, 0.15) is 26.4 Å². The quantitative estimate of drug-likeness (QED) is 0.104. The maximum atomic E-state index is 6.05. The van der Waals surface area contributed by atoms with Crippen LogP contribution in [0.2, 0.25) is 0 Å². The zero-order chi connectivity index (χ0) is 35.3. The van der Waals surface area contributed by atoms with E-state index in [1.54, 1.807) is 22.7 Å². The van der Waals surface area contributed by atoms with E-state index in [-0.39, 0.29) is 0 Å². The van der Waals surface area contributed by atoms with Gasteiger partial charge in [0.15, 0.2) is 23.0 Å². The molecule has 0 bridgehead atoms.